The number of benzene rings is 2. The zero-order valence-electron chi connectivity index (χ0n) is 9.69. The Hall–Kier alpha value is -2.62. The molecule has 3 aromatic rings. The maximum Gasteiger partial charge on any atom is 0.182 e. The maximum absolute atomic E-state index is 5.36. The summed E-state index contributed by atoms with van der Waals surface area (Å²) in [4.78, 5) is 4.27. The van der Waals surface area contributed by atoms with Crippen LogP contribution in [0.3, 0.4) is 0 Å². The van der Waals surface area contributed by atoms with Crippen molar-refractivity contribution in [2.24, 2.45) is 10.9 Å². The van der Waals surface area contributed by atoms with E-state index in [9.17, 15) is 0 Å². The molecule has 0 fully saturated rings. The molecule has 1 heterocycles. The third kappa shape index (κ3) is 1.64. The number of aromatic nitrogens is 2. The molecule has 0 bridgehead atoms. The second-order valence-electron chi connectivity index (χ2n) is 3.92. The first-order chi connectivity index (χ1) is 8.90. The highest BCUT2D eigenvalue weighted by Gasteiger charge is 2.02. The smallest absolute Gasteiger partial charge is 0.182 e. The van der Waals surface area contributed by atoms with Crippen molar-refractivity contribution in [2.45, 2.75) is 0 Å². The molecule has 0 spiro atoms. The molecule has 18 heavy (non-hydrogen) atoms. The minimum atomic E-state index is 0.554. The number of hydrogen-bond acceptors (Lipinski definition) is 3. The molecule has 88 valence electrons. The number of nitrogens with zero attached hydrogens (tertiary/aromatic N) is 3. The quantitative estimate of drug-likeness (QED) is 0.517. The van der Waals surface area contributed by atoms with Crippen LogP contribution in [0.5, 0.6) is 0 Å². The van der Waals surface area contributed by atoms with Crippen LogP contribution < -0.4 is 11.3 Å². The predicted octanol–water partition coefficient (Wildman–Crippen LogP) is 1.80. The standard InChI is InChI=1S/C14H12N4/c15-17-14-12-8-4-5-9-13(12)18(10-16-14)11-6-2-1-3-7-11/h1-10H,15H2/b17-14+. The van der Waals surface area contributed by atoms with Gasteiger partial charge in [-0.25, -0.2) is 4.98 Å². The maximum atomic E-state index is 5.36. The first kappa shape index (κ1) is 10.5. The van der Waals surface area contributed by atoms with Crippen LogP contribution in [0, 0.1) is 0 Å². The average Bonchev–Trinajstić information content (AvgIpc) is 2.47. The third-order valence-electron chi connectivity index (χ3n) is 2.86. The van der Waals surface area contributed by atoms with Crippen molar-refractivity contribution < 1.29 is 0 Å². The van der Waals surface area contributed by atoms with Crippen molar-refractivity contribution in [1.29, 1.82) is 0 Å². The van der Waals surface area contributed by atoms with E-state index in [-0.39, 0.29) is 0 Å². The van der Waals surface area contributed by atoms with Crippen LogP contribution in [-0.4, -0.2) is 9.55 Å². The van der Waals surface area contributed by atoms with Gasteiger partial charge in [0.15, 0.2) is 5.49 Å². The van der Waals surface area contributed by atoms with Gasteiger partial charge in [-0.3, -0.25) is 0 Å². The number of hydrogen-bond donors (Lipinski definition) is 1. The summed E-state index contributed by atoms with van der Waals surface area (Å²) in [5.74, 6) is 5.36. The highest BCUT2D eigenvalue weighted by Crippen LogP contribution is 2.14. The van der Waals surface area contributed by atoms with Gasteiger partial charge in [0, 0.05) is 11.1 Å². The molecule has 3 rings (SSSR count). The lowest BCUT2D eigenvalue weighted by Gasteiger charge is -2.10. The van der Waals surface area contributed by atoms with Gasteiger partial charge < -0.3 is 10.4 Å². The van der Waals surface area contributed by atoms with Gasteiger partial charge >= 0.3 is 0 Å². The largest absolute Gasteiger partial charge is 0.321 e. The van der Waals surface area contributed by atoms with Gasteiger partial charge in [0.2, 0.25) is 0 Å². The molecule has 2 N–H and O–H groups in total. The Balaban J connectivity index is 2.40. The molecule has 0 unspecified atom stereocenters. The van der Waals surface area contributed by atoms with Crippen LogP contribution in [0.2, 0.25) is 0 Å². The second-order valence-corrected chi connectivity index (χ2v) is 3.92. The van der Waals surface area contributed by atoms with Crippen molar-refractivity contribution in [3.05, 3.63) is 66.4 Å². The average molecular weight is 236 g/mol. The molecule has 4 nitrogen and oxygen atoms in total. The lowest BCUT2D eigenvalue weighted by Crippen LogP contribution is -2.15. The van der Waals surface area contributed by atoms with Gasteiger partial charge in [0.05, 0.1) is 5.52 Å². The van der Waals surface area contributed by atoms with Gasteiger partial charge in [0.1, 0.15) is 6.33 Å². The Bertz CT molecular complexity index is 744. The summed E-state index contributed by atoms with van der Waals surface area (Å²) in [6.45, 7) is 0. The van der Waals surface area contributed by atoms with Crippen LogP contribution in [0.15, 0.2) is 66.0 Å². The molecule has 0 radical (unpaired) electrons. The summed E-state index contributed by atoms with van der Waals surface area (Å²) in [5, 5.41) is 4.65. The number of rotatable bonds is 1. The van der Waals surface area contributed by atoms with Crippen molar-refractivity contribution >= 4 is 10.9 Å². The van der Waals surface area contributed by atoms with Crippen molar-refractivity contribution in [3.8, 4) is 5.69 Å². The van der Waals surface area contributed by atoms with Gasteiger partial charge in [-0.2, -0.15) is 5.10 Å². The number of nitrogens with two attached hydrogens (primary N) is 1. The monoisotopic (exact) mass is 236 g/mol. The van der Waals surface area contributed by atoms with Crippen LogP contribution in [0.1, 0.15) is 0 Å². The Morgan fingerprint density at radius 3 is 2.44 bits per heavy atom. The van der Waals surface area contributed by atoms with E-state index in [0.29, 0.717) is 5.49 Å². The zero-order chi connectivity index (χ0) is 12.4. The van der Waals surface area contributed by atoms with Crippen molar-refractivity contribution in [1.82, 2.24) is 9.55 Å². The van der Waals surface area contributed by atoms with Gasteiger partial charge in [-0.05, 0) is 24.3 Å². The molecule has 2 aromatic carbocycles. The van der Waals surface area contributed by atoms with E-state index in [2.05, 4.69) is 10.1 Å². The van der Waals surface area contributed by atoms with E-state index in [0.717, 1.165) is 16.6 Å². The highest BCUT2D eigenvalue weighted by atomic mass is 15.2. The fraction of sp³-hybridized carbons (Fsp3) is 0. The summed E-state index contributed by atoms with van der Waals surface area (Å²) in [7, 11) is 0. The lowest BCUT2D eigenvalue weighted by atomic mass is 10.2. The topological polar surface area (TPSA) is 56.2 Å². The third-order valence-corrected chi connectivity index (χ3v) is 2.86. The minimum Gasteiger partial charge on any atom is -0.321 e. The molecular formula is C14H12N4. The van der Waals surface area contributed by atoms with E-state index < -0.39 is 0 Å². The summed E-state index contributed by atoms with van der Waals surface area (Å²) >= 11 is 0. The number of fused-ring (bicyclic) bond motifs is 1. The Kier molecular flexibility index (Phi) is 2.53. The second kappa shape index (κ2) is 4.33. The Morgan fingerprint density at radius 1 is 0.944 bits per heavy atom. The van der Waals surface area contributed by atoms with Gasteiger partial charge in [0.25, 0.3) is 0 Å². The summed E-state index contributed by atoms with van der Waals surface area (Å²) in [6, 6.07) is 18.0. The van der Waals surface area contributed by atoms with E-state index in [1.54, 1.807) is 6.33 Å². The molecule has 0 aliphatic rings. The Labute approximate surface area is 104 Å². The molecule has 0 saturated heterocycles. The molecule has 0 amide bonds. The van der Waals surface area contributed by atoms with Crippen LogP contribution >= 0.6 is 0 Å². The molecular weight excluding hydrogens is 224 g/mol. The highest BCUT2D eigenvalue weighted by molar-refractivity contribution is 5.79. The Morgan fingerprint density at radius 2 is 1.67 bits per heavy atom. The van der Waals surface area contributed by atoms with Crippen LogP contribution in [0.4, 0.5) is 0 Å². The van der Waals surface area contributed by atoms with Crippen molar-refractivity contribution in [3.63, 3.8) is 0 Å². The first-order valence-corrected chi connectivity index (χ1v) is 5.66. The molecule has 0 aliphatic carbocycles. The van der Waals surface area contributed by atoms with Gasteiger partial charge in [-0.15, -0.1) is 0 Å². The summed E-state index contributed by atoms with van der Waals surface area (Å²) in [5.41, 5.74) is 2.64. The van der Waals surface area contributed by atoms with E-state index >= 15 is 0 Å². The normalized spacial score (nSPS) is 11.9. The molecule has 0 saturated carbocycles. The lowest BCUT2D eigenvalue weighted by molar-refractivity contribution is 0.973. The van der Waals surface area contributed by atoms with Gasteiger partial charge in [-0.1, -0.05) is 30.3 Å². The minimum absolute atomic E-state index is 0.554. The molecule has 0 aliphatic heterocycles. The van der Waals surface area contributed by atoms with Crippen LogP contribution in [0.25, 0.3) is 16.6 Å². The SMILES string of the molecule is N/N=c1/ncn(-c2ccccc2)c2ccccc12. The fourth-order valence-electron chi connectivity index (χ4n) is 2.01. The van der Waals surface area contributed by atoms with Crippen LogP contribution in [-0.2, 0) is 0 Å². The predicted molar refractivity (Wildman–Crippen MR) is 70.8 cm³/mol. The molecule has 1 aromatic heterocycles. The van der Waals surface area contributed by atoms with E-state index in [4.69, 9.17) is 5.84 Å². The summed E-state index contributed by atoms with van der Waals surface area (Å²) in [6.07, 6.45) is 1.74. The molecule has 4 heteroatoms. The van der Waals surface area contributed by atoms with E-state index in [1.807, 2.05) is 59.2 Å². The summed E-state index contributed by atoms with van der Waals surface area (Å²) < 4.78 is 2.02. The first-order valence-electron chi connectivity index (χ1n) is 5.66. The van der Waals surface area contributed by atoms with E-state index in [1.165, 1.54) is 0 Å². The fourth-order valence-corrected chi connectivity index (χ4v) is 2.01. The zero-order valence-corrected chi connectivity index (χ0v) is 9.69. The molecule has 0 atom stereocenters. The number of para-hydroxylation sites is 2. The van der Waals surface area contributed by atoms with Crippen molar-refractivity contribution in [2.75, 3.05) is 0 Å².